The Hall–Kier alpha value is -3.81. The Labute approximate surface area is 267 Å². The molecular formula is C31H45BrN8O4. The third kappa shape index (κ3) is 13.7. The van der Waals surface area contributed by atoms with Crippen LogP contribution in [0.15, 0.2) is 64.1 Å². The number of nitrogens with one attached hydrogen (secondary N) is 2. The molecule has 0 aliphatic heterocycles. The van der Waals surface area contributed by atoms with Crippen molar-refractivity contribution in [1.29, 1.82) is 0 Å². The summed E-state index contributed by atoms with van der Waals surface area (Å²) < 4.78 is 0.900. The van der Waals surface area contributed by atoms with E-state index < -0.39 is 41.8 Å². The molecule has 0 spiro atoms. The highest BCUT2D eigenvalue weighted by Crippen LogP contribution is 2.18. The number of amides is 3. The van der Waals surface area contributed by atoms with Crippen molar-refractivity contribution < 1.29 is 19.2 Å². The number of carbonyl (C=O) groups excluding carboxylic acids is 4. The zero-order chi connectivity index (χ0) is 32.5. The molecule has 2 aromatic rings. The zero-order valence-electron chi connectivity index (χ0n) is 24.9. The summed E-state index contributed by atoms with van der Waals surface area (Å²) in [5.41, 5.74) is 29.9. The van der Waals surface area contributed by atoms with Crippen LogP contribution < -0.4 is 39.3 Å². The molecule has 0 unspecified atom stereocenters. The Morgan fingerprint density at radius 2 is 1.39 bits per heavy atom. The molecule has 12 nitrogen and oxygen atoms in total. The molecule has 0 saturated heterocycles. The monoisotopic (exact) mass is 672 g/mol. The van der Waals surface area contributed by atoms with E-state index in [-0.39, 0.29) is 44.0 Å². The van der Waals surface area contributed by atoms with E-state index in [4.69, 9.17) is 28.7 Å². The van der Waals surface area contributed by atoms with Crippen molar-refractivity contribution in [2.45, 2.75) is 69.5 Å². The number of nitrogens with two attached hydrogens (primary N) is 5. The fraction of sp³-hybridized carbons (Fsp3) is 0.452. The number of guanidine groups is 1. The molecule has 0 fully saturated rings. The van der Waals surface area contributed by atoms with Crippen LogP contribution in [0.3, 0.4) is 0 Å². The third-order valence-electron chi connectivity index (χ3n) is 7.11. The van der Waals surface area contributed by atoms with Crippen molar-refractivity contribution >= 4 is 45.4 Å². The first-order valence-corrected chi connectivity index (χ1v) is 15.5. The number of Topliss-reactive ketones (excluding diaryl/α,β-unsaturated/α-hetero) is 1. The van der Waals surface area contributed by atoms with Gasteiger partial charge in [0.2, 0.25) is 17.7 Å². The zero-order valence-corrected chi connectivity index (χ0v) is 26.5. The van der Waals surface area contributed by atoms with Gasteiger partial charge in [-0.1, -0.05) is 58.4 Å². The molecular weight excluding hydrogens is 628 g/mol. The third-order valence-corrected chi connectivity index (χ3v) is 7.63. The van der Waals surface area contributed by atoms with Gasteiger partial charge in [0, 0.05) is 23.4 Å². The number of carbonyl (C=O) groups is 4. The second kappa shape index (κ2) is 19.5. The molecule has 240 valence electrons. The van der Waals surface area contributed by atoms with Crippen LogP contribution in [0.2, 0.25) is 0 Å². The normalized spacial score (nSPS) is 13.6. The Morgan fingerprint density at radius 3 is 2.00 bits per heavy atom. The van der Waals surface area contributed by atoms with E-state index in [1.54, 1.807) is 0 Å². The lowest BCUT2D eigenvalue weighted by Gasteiger charge is -2.24. The summed E-state index contributed by atoms with van der Waals surface area (Å²) in [5, 5.41) is 5.52. The van der Waals surface area contributed by atoms with Gasteiger partial charge in [-0.25, -0.2) is 0 Å². The smallest absolute Gasteiger partial charge is 0.239 e. The summed E-state index contributed by atoms with van der Waals surface area (Å²) in [5.74, 6) is -2.89. The number of unbranched alkanes of at least 4 members (excludes halogenated alkanes) is 1. The van der Waals surface area contributed by atoms with Gasteiger partial charge >= 0.3 is 0 Å². The van der Waals surface area contributed by atoms with Crippen molar-refractivity contribution in [2.24, 2.45) is 39.6 Å². The topological polar surface area (TPSA) is 235 Å². The quantitative estimate of drug-likeness (QED) is 0.0601. The summed E-state index contributed by atoms with van der Waals surface area (Å²) in [6, 6.07) is 13.9. The second-order valence-corrected chi connectivity index (χ2v) is 11.7. The minimum atomic E-state index is -0.935. The molecule has 0 heterocycles. The van der Waals surface area contributed by atoms with E-state index >= 15 is 0 Å². The van der Waals surface area contributed by atoms with Crippen molar-refractivity contribution in [3.8, 4) is 0 Å². The Kier molecular flexibility index (Phi) is 16.1. The molecule has 0 aromatic heterocycles. The predicted octanol–water partition coefficient (Wildman–Crippen LogP) is 0.775. The number of hydrogen-bond donors (Lipinski definition) is 7. The average molecular weight is 674 g/mol. The van der Waals surface area contributed by atoms with Crippen LogP contribution in [0.4, 0.5) is 0 Å². The van der Waals surface area contributed by atoms with Crippen molar-refractivity contribution in [2.75, 3.05) is 13.1 Å². The first-order chi connectivity index (χ1) is 21.0. The molecule has 0 aliphatic rings. The van der Waals surface area contributed by atoms with E-state index in [0.29, 0.717) is 32.2 Å². The molecule has 0 aliphatic carbocycles. The van der Waals surface area contributed by atoms with Crippen LogP contribution in [-0.4, -0.2) is 60.7 Å². The van der Waals surface area contributed by atoms with Gasteiger partial charge in [0.05, 0.1) is 12.1 Å². The maximum absolute atomic E-state index is 13.7. The van der Waals surface area contributed by atoms with Gasteiger partial charge in [0.25, 0.3) is 0 Å². The molecule has 2 aromatic carbocycles. The lowest BCUT2D eigenvalue weighted by atomic mass is 9.89. The van der Waals surface area contributed by atoms with Gasteiger partial charge in [0.1, 0.15) is 6.04 Å². The molecule has 0 radical (unpaired) electrons. The summed E-state index contributed by atoms with van der Waals surface area (Å²) in [7, 11) is 0. The Morgan fingerprint density at radius 1 is 0.773 bits per heavy atom. The summed E-state index contributed by atoms with van der Waals surface area (Å²) in [6.45, 7) is 0.706. The highest BCUT2D eigenvalue weighted by atomic mass is 79.9. The number of rotatable bonds is 20. The van der Waals surface area contributed by atoms with Crippen molar-refractivity contribution in [3.63, 3.8) is 0 Å². The SMILES string of the molecule is NCCCC[C@H](NC(=O)[C@@H](CC(=O)[C@@H](CCCN=C(N)N)NC(=O)[C@@H](N)Cc1ccc(Br)cc1)Cc1ccccc1)C(N)=O. The second-order valence-electron chi connectivity index (χ2n) is 10.8. The minimum Gasteiger partial charge on any atom is -0.370 e. The van der Waals surface area contributed by atoms with Gasteiger partial charge in [0.15, 0.2) is 11.7 Å². The predicted molar refractivity (Wildman–Crippen MR) is 175 cm³/mol. The maximum atomic E-state index is 13.7. The summed E-state index contributed by atoms with van der Waals surface area (Å²) in [4.78, 5) is 56.4. The van der Waals surface area contributed by atoms with Gasteiger partial charge in [-0.3, -0.25) is 24.2 Å². The van der Waals surface area contributed by atoms with E-state index in [0.717, 1.165) is 15.6 Å². The fourth-order valence-electron chi connectivity index (χ4n) is 4.67. The van der Waals surface area contributed by atoms with Crippen molar-refractivity contribution in [1.82, 2.24) is 10.6 Å². The Balaban J connectivity index is 2.23. The molecule has 0 bridgehead atoms. The molecule has 3 amide bonds. The van der Waals surface area contributed by atoms with Crippen LogP contribution in [0, 0.1) is 5.92 Å². The summed E-state index contributed by atoms with van der Waals surface area (Å²) in [6.07, 6.45) is 2.57. The number of aliphatic imine (C=N–C) groups is 1. The molecule has 2 rings (SSSR count). The highest BCUT2D eigenvalue weighted by Gasteiger charge is 2.30. The van der Waals surface area contributed by atoms with E-state index in [1.165, 1.54) is 0 Å². The number of benzene rings is 2. The van der Waals surface area contributed by atoms with Crippen LogP contribution in [0.25, 0.3) is 0 Å². The van der Waals surface area contributed by atoms with Gasteiger partial charge < -0.3 is 39.3 Å². The molecule has 44 heavy (non-hydrogen) atoms. The van der Waals surface area contributed by atoms with Crippen LogP contribution in [0.5, 0.6) is 0 Å². The number of nitrogens with zero attached hydrogens (tertiary/aromatic N) is 1. The van der Waals surface area contributed by atoms with Crippen LogP contribution >= 0.6 is 15.9 Å². The maximum Gasteiger partial charge on any atom is 0.239 e. The Bertz CT molecular complexity index is 1240. The largest absolute Gasteiger partial charge is 0.370 e. The number of halogens is 1. The van der Waals surface area contributed by atoms with Gasteiger partial charge in [-0.2, -0.15) is 0 Å². The molecule has 13 heteroatoms. The van der Waals surface area contributed by atoms with E-state index in [2.05, 4.69) is 31.6 Å². The minimum absolute atomic E-state index is 0.0801. The van der Waals surface area contributed by atoms with E-state index in [9.17, 15) is 19.2 Å². The van der Waals surface area contributed by atoms with Crippen LogP contribution in [0.1, 0.15) is 49.7 Å². The fourth-order valence-corrected chi connectivity index (χ4v) is 4.94. The molecule has 12 N–H and O–H groups in total. The number of hydrogen-bond acceptors (Lipinski definition) is 7. The standard InChI is InChI=1S/C31H45BrN8O4/c32-23-13-11-21(12-14-23)18-24(34)30(44)39-25(10-6-16-38-31(36)37)27(41)19-22(17-20-7-2-1-3-8-20)29(43)40-26(28(35)42)9-4-5-15-33/h1-3,7-8,11-14,22,24-26H,4-6,9-10,15-19,33-34H2,(H2,35,42)(H,39,44)(H,40,43)(H4,36,37,38)/t22-,24+,25-,26+/m1/s1. The average Bonchev–Trinajstić information content (AvgIpc) is 2.99. The lowest BCUT2D eigenvalue weighted by Crippen LogP contribution is -2.51. The highest BCUT2D eigenvalue weighted by molar-refractivity contribution is 9.10. The van der Waals surface area contributed by atoms with Gasteiger partial charge in [-0.15, -0.1) is 0 Å². The van der Waals surface area contributed by atoms with Crippen LogP contribution in [-0.2, 0) is 32.0 Å². The number of ketones is 1. The van der Waals surface area contributed by atoms with Crippen molar-refractivity contribution in [3.05, 3.63) is 70.2 Å². The lowest BCUT2D eigenvalue weighted by molar-refractivity contribution is -0.133. The van der Waals surface area contributed by atoms with Gasteiger partial charge in [-0.05, 0) is 74.8 Å². The first kappa shape index (κ1) is 36.4. The van der Waals surface area contributed by atoms with E-state index in [1.807, 2.05) is 54.6 Å². The summed E-state index contributed by atoms with van der Waals surface area (Å²) >= 11 is 3.38. The number of primary amides is 1. The molecule has 4 atom stereocenters. The first-order valence-electron chi connectivity index (χ1n) is 14.7. The molecule has 0 saturated carbocycles.